The van der Waals surface area contributed by atoms with Crippen molar-refractivity contribution in [2.24, 2.45) is 0 Å². The molecule has 0 fully saturated rings. The van der Waals surface area contributed by atoms with Gasteiger partial charge in [-0.25, -0.2) is 4.79 Å². The molecule has 0 aliphatic carbocycles. The molecule has 98 valence electrons. The molecule has 0 aliphatic heterocycles. The minimum atomic E-state index is -0.499. The van der Waals surface area contributed by atoms with Crippen molar-refractivity contribution >= 4 is 11.9 Å². The first-order chi connectivity index (χ1) is 8.63. The van der Waals surface area contributed by atoms with Gasteiger partial charge < -0.3 is 10.6 Å². The lowest BCUT2D eigenvalue weighted by Gasteiger charge is -2.12. The standard InChI is InChI=1S/C12H18N4O2/c1-9(11(17)16-12(18)13-2)15-7-5-10-4-3-6-14-8-10/h3-4,6,8-9,15H,5,7H2,1-2H3,(H2,13,16,17,18). The van der Waals surface area contributed by atoms with Crippen molar-refractivity contribution in [3.05, 3.63) is 30.1 Å². The normalized spacial score (nSPS) is 11.7. The fourth-order valence-corrected chi connectivity index (χ4v) is 1.35. The third kappa shape index (κ3) is 4.92. The highest BCUT2D eigenvalue weighted by molar-refractivity contribution is 5.96. The number of nitrogens with zero attached hydrogens (tertiary/aromatic N) is 1. The van der Waals surface area contributed by atoms with E-state index in [1.165, 1.54) is 7.05 Å². The van der Waals surface area contributed by atoms with Crippen molar-refractivity contribution in [1.29, 1.82) is 0 Å². The van der Waals surface area contributed by atoms with E-state index in [2.05, 4.69) is 20.9 Å². The Morgan fingerprint density at radius 3 is 2.83 bits per heavy atom. The van der Waals surface area contributed by atoms with Crippen molar-refractivity contribution in [2.45, 2.75) is 19.4 Å². The fourth-order valence-electron chi connectivity index (χ4n) is 1.35. The van der Waals surface area contributed by atoms with Crippen molar-refractivity contribution in [3.8, 4) is 0 Å². The Hall–Kier alpha value is -1.95. The molecule has 3 N–H and O–H groups in total. The zero-order chi connectivity index (χ0) is 13.4. The Kier molecular flexibility index (Phi) is 5.79. The number of nitrogens with one attached hydrogen (secondary N) is 3. The number of urea groups is 1. The molecule has 18 heavy (non-hydrogen) atoms. The summed E-state index contributed by atoms with van der Waals surface area (Å²) < 4.78 is 0. The topological polar surface area (TPSA) is 83.1 Å². The SMILES string of the molecule is CNC(=O)NC(=O)C(C)NCCc1cccnc1. The monoisotopic (exact) mass is 250 g/mol. The van der Waals surface area contributed by atoms with Crippen molar-refractivity contribution in [2.75, 3.05) is 13.6 Å². The minimum Gasteiger partial charge on any atom is -0.341 e. The van der Waals surface area contributed by atoms with E-state index in [9.17, 15) is 9.59 Å². The largest absolute Gasteiger partial charge is 0.341 e. The van der Waals surface area contributed by atoms with Gasteiger partial charge in [-0.3, -0.25) is 15.1 Å². The molecule has 6 heteroatoms. The Labute approximate surface area is 106 Å². The van der Waals surface area contributed by atoms with Gasteiger partial charge in [0.1, 0.15) is 0 Å². The van der Waals surface area contributed by atoms with E-state index < -0.39 is 12.1 Å². The van der Waals surface area contributed by atoms with Gasteiger partial charge in [0.2, 0.25) is 5.91 Å². The van der Waals surface area contributed by atoms with Crippen LogP contribution in [0, 0.1) is 0 Å². The van der Waals surface area contributed by atoms with Crippen LogP contribution in [0.4, 0.5) is 4.79 Å². The number of hydrogen-bond donors (Lipinski definition) is 3. The van der Waals surface area contributed by atoms with Gasteiger partial charge in [-0.2, -0.15) is 0 Å². The van der Waals surface area contributed by atoms with Crippen molar-refractivity contribution in [1.82, 2.24) is 20.9 Å². The maximum absolute atomic E-state index is 11.5. The molecule has 1 rings (SSSR count). The number of aromatic nitrogens is 1. The third-order valence-corrected chi connectivity index (χ3v) is 2.44. The van der Waals surface area contributed by atoms with Gasteiger partial charge >= 0.3 is 6.03 Å². The van der Waals surface area contributed by atoms with Gasteiger partial charge in [0.25, 0.3) is 0 Å². The lowest BCUT2D eigenvalue weighted by Crippen LogP contribution is -2.47. The second kappa shape index (κ2) is 7.39. The summed E-state index contributed by atoms with van der Waals surface area (Å²) in [4.78, 5) is 26.5. The second-order valence-electron chi connectivity index (χ2n) is 3.86. The van der Waals surface area contributed by atoms with Gasteiger partial charge in [0, 0.05) is 19.4 Å². The summed E-state index contributed by atoms with van der Waals surface area (Å²) in [5.41, 5.74) is 1.10. The lowest BCUT2D eigenvalue weighted by atomic mass is 10.2. The molecule has 6 nitrogen and oxygen atoms in total. The Morgan fingerprint density at radius 1 is 1.44 bits per heavy atom. The summed E-state index contributed by atoms with van der Waals surface area (Å²) in [5, 5.41) is 7.58. The van der Waals surface area contributed by atoms with Crippen LogP contribution in [-0.4, -0.2) is 36.6 Å². The molecule has 0 saturated carbocycles. The van der Waals surface area contributed by atoms with E-state index in [1.807, 2.05) is 12.1 Å². The van der Waals surface area contributed by atoms with E-state index in [1.54, 1.807) is 19.3 Å². The van der Waals surface area contributed by atoms with E-state index in [0.717, 1.165) is 12.0 Å². The molecule has 0 saturated heterocycles. The highest BCUT2D eigenvalue weighted by Gasteiger charge is 2.13. The molecule has 0 aliphatic rings. The summed E-state index contributed by atoms with van der Waals surface area (Å²) in [6.07, 6.45) is 4.29. The van der Waals surface area contributed by atoms with E-state index in [0.29, 0.717) is 6.54 Å². The molecule has 0 spiro atoms. The highest BCUT2D eigenvalue weighted by atomic mass is 16.2. The zero-order valence-corrected chi connectivity index (χ0v) is 10.6. The van der Waals surface area contributed by atoms with Crippen LogP contribution in [0.25, 0.3) is 0 Å². The number of carbonyl (C=O) groups excluding carboxylic acids is 2. The number of pyridine rings is 1. The maximum atomic E-state index is 11.5. The molecule has 1 unspecified atom stereocenters. The smallest absolute Gasteiger partial charge is 0.321 e. The zero-order valence-electron chi connectivity index (χ0n) is 10.6. The Morgan fingerprint density at radius 2 is 2.22 bits per heavy atom. The van der Waals surface area contributed by atoms with Crippen LogP contribution in [-0.2, 0) is 11.2 Å². The quantitative estimate of drug-likeness (QED) is 0.690. The summed E-state index contributed by atoms with van der Waals surface area (Å²) in [7, 11) is 1.46. The van der Waals surface area contributed by atoms with Crippen LogP contribution < -0.4 is 16.0 Å². The van der Waals surface area contributed by atoms with Crippen LogP contribution in [0.15, 0.2) is 24.5 Å². The molecule has 1 atom stereocenters. The molecule has 0 bridgehead atoms. The first kappa shape index (κ1) is 14.1. The second-order valence-corrected chi connectivity index (χ2v) is 3.86. The van der Waals surface area contributed by atoms with E-state index >= 15 is 0 Å². The van der Waals surface area contributed by atoms with E-state index in [-0.39, 0.29) is 5.91 Å². The van der Waals surface area contributed by atoms with Crippen LogP contribution in [0.5, 0.6) is 0 Å². The lowest BCUT2D eigenvalue weighted by molar-refractivity contribution is -0.121. The minimum absolute atomic E-state index is 0.347. The van der Waals surface area contributed by atoms with Crippen LogP contribution in [0.3, 0.4) is 0 Å². The Balaban J connectivity index is 2.26. The predicted octanol–water partition coefficient (Wildman–Crippen LogP) is 0.0578. The fraction of sp³-hybridized carbons (Fsp3) is 0.417. The number of amides is 3. The molecular weight excluding hydrogens is 232 g/mol. The molecule has 1 aromatic rings. The average molecular weight is 250 g/mol. The van der Waals surface area contributed by atoms with Crippen LogP contribution in [0.1, 0.15) is 12.5 Å². The maximum Gasteiger partial charge on any atom is 0.321 e. The predicted molar refractivity (Wildman–Crippen MR) is 68.0 cm³/mol. The molecule has 3 amide bonds. The number of imide groups is 1. The summed E-state index contributed by atoms with van der Waals surface area (Å²) in [6, 6.07) is 2.93. The number of rotatable bonds is 5. The third-order valence-electron chi connectivity index (χ3n) is 2.44. The molecule has 0 aromatic carbocycles. The summed E-state index contributed by atoms with van der Waals surface area (Å²) >= 11 is 0. The van der Waals surface area contributed by atoms with Gasteiger partial charge in [-0.1, -0.05) is 6.07 Å². The van der Waals surface area contributed by atoms with Gasteiger partial charge in [0.05, 0.1) is 6.04 Å². The van der Waals surface area contributed by atoms with Crippen LogP contribution in [0.2, 0.25) is 0 Å². The summed E-state index contributed by atoms with van der Waals surface area (Å²) in [6.45, 7) is 2.36. The van der Waals surface area contributed by atoms with Crippen LogP contribution >= 0.6 is 0 Å². The van der Waals surface area contributed by atoms with E-state index in [4.69, 9.17) is 0 Å². The first-order valence-electron chi connectivity index (χ1n) is 5.78. The average Bonchev–Trinajstić information content (AvgIpc) is 2.39. The Bertz CT molecular complexity index is 394. The number of hydrogen-bond acceptors (Lipinski definition) is 4. The first-order valence-corrected chi connectivity index (χ1v) is 5.78. The van der Waals surface area contributed by atoms with Crippen molar-refractivity contribution in [3.63, 3.8) is 0 Å². The molecule has 0 radical (unpaired) electrons. The van der Waals surface area contributed by atoms with Gasteiger partial charge in [0.15, 0.2) is 0 Å². The van der Waals surface area contributed by atoms with Gasteiger partial charge in [-0.15, -0.1) is 0 Å². The van der Waals surface area contributed by atoms with Gasteiger partial charge in [-0.05, 0) is 31.5 Å². The molecule has 1 heterocycles. The molecule has 1 aromatic heterocycles. The summed E-state index contributed by atoms with van der Waals surface area (Å²) in [5.74, 6) is -0.347. The van der Waals surface area contributed by atoms with Crippen molar-refractivity contribution < 1.29 is 9.59 Å². The highest BCUT2D eigenvalue weighted by Crippen LogP contribution is 1.95. The number of carbonyl (C=O) groups is 2. The molecular formula is C12H18N4O2.